The molecule has 0 aliphatic carbocycles. The lowest BCUT2D eigenvalue weighted by atomic mass is 10.1. The largest absolute Gasteiger partial charge is 0.493 e. The highest BCUT2D eigenvalue weighted by molar-refractivity contribution is 5.92. The maximum Gasteiger partial charge on any atom is 0.162 e. The number of anilines is 1. The van der Waals surface area contributed by atoms with Crippen molar-refractivity contribution in [1.29, 1.82) is 0 Å². The summed E-state index contributed by atoms with van der Waals surface area (Å²) >= 11 is 0. The fourth-order valence-corrected chi connectivity index (χ4v) is 2.64. The Morgan fingerprint density at radius 2 is 1.52 bits per heavy atom. The quantitative estimate of drug-likeness (QED) is 0.698. The van der Waals surface area contributed by atoms with Crippen LogP contribution in [0.1, 0.15) is 39.5 Å². The van der Waals surface area contributed by atoms with Gasteiger partial charge in [0.1, 0.15) is 12.1 Å². The van der Waals surface area contributed by atoms with Gasteiger partial charge in [-0.05, 0) is 18.9 Å². The van der Waals surface area contributed by atoms with Crippen molar-refractivity contribution in [2.24, 2.45) is 0 Å². The van der Waals surface area contributed by atoms with Gasteiger partial charge in [-0.25, -0.2) is 9.97 Å². The Balaban J connectivity index is 2.48. The van der Waals surface area contributed by atoms with Gasteiger partial charge in [-0.3, -0.25) is 0 Å². The Morgan fingerprint density at radius 3 is 2.09 bits per heavy atom. The molecule has 0 aliphatic rings. The van der Waals surface area contributed by atoms with E-state index >= 15 is 0 Å². The zero-order valence-electron chi connectivity index (χ0n) is 14.6. The number of nitrogens with zero attached hydrogens (tertiary/aromatic N) is 3. The van der Waals surface area contributed by atoms with E-state index in [0.717, 1.165) is 42.7 Å². The first-order chi connectivity index (χ1) is 11.2. The molecule has 0 fully saturated rings. The summed E-state index contributed by atoms with van der Waals surface area (Å²) in [5, 5.41) is 1.01. The third kappa shape index (κ3) is 4.03. The van der Waals surface area contributed by atoms with E-state index in [-0.39, 0.29) is 0 Å². The van der Waals surface area contributed by atoms with Gasteiger partial charge in [0.15, 0.2) is 11.5 Å². The summed E-state index contributed by atoms with van der Waals surface area (Å²) in [6, 6.07) is 3.89. The van der Waals surface area contributed by atoms with Crippen LogP contribution in [0.5, 0.6) is 11.5 Å². The molecule has 23 heavy (non-hydrogen) atoms. The zero-order chi connectivity index (χ0) is 16.7. The lowest BCUT2D eigenvalue weighted by Crippen LogP contribution is -2.26. The highest BCUT2D eigenvalue weighted by Crippen LogP contribution is 2.34. The summed E-state index contributed by atoms with van der Waals surface area (Å²) in [5.74, 6) is 2.39. The van der Waals surface area contributed by atoms with Gasteiger partial charge in [-0.1, -0.05) is 26.7 Å². The average molecular weight is 317 g/mol. The van der Waals surface area contributed by atoms with Gasteiger partial charge >= 0.3 is 0 Å². The van der Waals surface area contributed by atoms with Crippen molar-refractivity contribution in [3.63, 3.8) is 0 Å². The van der Waals surface area contributed by atoms with Gasteiger partial charge < -0.3 is 14.4 Å². The van der Waals surface area contributed by atoms with Gasteiger partial charge in [0, 0.05) is 24.5 Å². The van der Waals surface area contributed by atoms with Crippen molar-refractivity contribution in [3.8, 4) is 11.5 Å². The van der Waals surface area contributed by atoms with Crippen LogP contribution in [-0.2, 0) is 0 Å². The normalized spacial score (nSPS) is 10.8. The highest BCUT2D eigenvalue weighted by Gasteiger charge is 2.15. The average Bonchev–Trinajstić information content (AvgIpc) is 2.60. The Morgan fingerprint density at radius 1 is 0.913 bits per heavy atom. The highest BCUT2D eigenvalue weighted by atomic mass is 16.5. The van der Waals surface area contributed by atoms with Crippen LogP contribution in [0.25, 0.3) is 10.9 Å². The van der Waals surface area contributed by atoms with Crippen LogP contribution < -0.4 is 14.4 Å². The molecule has 0 saturated heterocycles. The second-order valence-corrected chi connectivity index (χ2v) is 5.62. The minimum Gasteiger partial charge on any atom is -0.493 e. The number of methoxy groups -OCH3 is 2. The van der Waals surface area contributed by atoms with Gasteiger partial charge in [0.2, 0.25) is 0 Å². The summed E-state index contributed by atoms with van der Waals surface area (Å²) in [6.45, 7) is 6.45. The van der Waals surface area contributed by atoms with E-state index in [2.05, 4.69) is 28.7 Å². The van der Waals surface area contributed by atoms with Crippen molar-refractivity contribution in [2.75, 3.05) is 32.2 Å². The van der Waals surface area contributed by atoms with Crippen LogP contribution in [0.3, 0.4) is 0 Å². The van der Waals surface area contributed by atoms with Gasteiger partial charge in [0.05, 0.1) is 19.7 Å². The Labute approximate surface area is 138 Å². The first kappa shape index (κ1) is 17.3. The summed E-state index contributed by atoms with van der Waals surface area (Å²) in [7, 11) is 3.29. The summed E-state index contributed by atoms with van der Waals surface area (Å²) < 4.78 is 10.8. The molecule has 0 bridgehead atoms. The molecule has 1 aromatic carbocycles. The summed E-state index contributed by atoms with van der Waals surface area (Å²) in [4.78, 5) is 11.3. The topological polar surface area (TPSA) is 47.5 Å². The molecule has 0 unspecified atom stereocenters. The maximum atomic E-state index is 5.44. The van der Waals surface area contributed by atoms with Crippen molar-refractivity contribution < 1.29 is 9.47 Å². The lowest BCUT2D eigenvalue weighted by Gasteiger charge is -2.25. The number of fused-ring (bicyclic) bond motifs is 1. The van der Waals surface area contributed by atoms with Gasteiger partial charge in [-0.15, -0.1) is 0 Å². The molecule has 2 rings (SSSR count). The standard InChI is InChI=1S/C18H27N3O2/c1-5-7-9-21(10-8-6-2)18-14-11-16(22-3)17(23-4)12-15(14)19-13-20-18/h11-13H,5-10H2,1-4H3. The molecule has 126 valence electrons. The fourth-order valence-electron chi connectivity index (χ4n) is 2.64. The van der Waals surface area contributed by atoms with E-state index in [1.807, 2.05) is 12.1 Å². The van der Waals surface area contributed by atoms with Crippen LogP contribution in [0, 0.1) is 0 Å². The minimum absolute atomic E-state index is 0.693. The van der Waals surface area contributed by atoms with Crippen LogP contribution in [-0.4, -0.2) is 37.3 Å². The Kier molecular flexibility index (Phi) is 6.44. The third-order valence-corrected chi connectivity index (χ3v) is 3.98. The monoisotopic (exact) mass is 317 g/mol. The zero-order valence-corrected chi connectivity index (χ0v) is 14.6. The van der Waals surface area contributed by atoms with E-state index in [9.17, 15) is 0 Å². The lowest BCUT2D eigenvalue weighted by molar-refractivity contribution is 0.356. The summed E-state index contributed by atoms with van der Waals surface area (Å²) in [6.07, 6.45) is 6.28. The van der Waals surface area contributed by atoms with Crippen molar-refractivity contribution in [3.05, 3.63) is 18.5 Å². The van der Waals surface area contributed by atoms with E-state index in [4.69, 9.17) is 9.47 Å². The molecule has 1 aromatic heterocycles. The molecule has 0 atom stereocenters. The molecular weight excluding hydrogens is 290 g/mol. The number of benzene rings is 1. The molecular formula is C18H27N3O2. The van der Waals surface area contributed by atoms with Crippen molar-refractivity contribution in [2.45, 2.75) is 39.5 Å². The van der Waals surface area contributed by atoms with Crippen LogP contribution in [0.15, 0.2) is 18.5 Å². The Bertz CT molecular complexity index is 623. The van der Waals surface area contributed by atoms with E-state index in [1.165, 1.54) is 12.8 Å². The molecule has 5 nitrogen and oxygen atoms in total. The van der Waals surface area contributed by atoms with E-state index in [0.29, 0.717) is 11.5 Å². The molecule has 0 spiro atoms. The first-order valence-electron chi connectivity index (χ1n) is 8.36. The number of aromatic nitrogens is 2. The molecule has 1 heterocycles. The number of hydrogen-bond acceptors (Lipinski definition) is 5. The molecule has 2 aromatic rings. The maximum absolute atomic E-state index is 5.44. The predicted molar refractivity (Wildman–Crippen MR) is 94.7 cm³/mol. The molecule has 5 heteroatoms. The summed E-state index contributed by atoms with van der Waals surface area (Å²) in [5.41, 5.74) is 0.880. The fraction of sp³-hybridized carbons (Fsp3) is 0.556. The molecule has 0 N–H and O–H groups in total. The second kappa shape index (κ2) is 8.56. The predicted octanol–water partition coefficient (Wildman–Crippen LogP) is 4.05. The molecule has 0 aliphatic heterocycles. The van der Waals surface area contributed by atoms with E-state index < -0.39 is 0 Å². The van der Waals surface area contributed by atoms with Crippen LogP contribution in [0.2, 0.25) is 0 Å². The number of unbranched alkanes of at least 4 members (excludes halogenated alkanes) is 2. The smallest absolute Gasteiger partial charge is 0.162 e. The van der Waals surface area contributed by atoms with Gasteiger partial charge in [0.25, 0.3) is 0 Å². The first-order valence-corrected chi connectivity index (χ1v) is 8.36. The molecule has 0 amide bonds. The number of hydrogen-bond donors (Lipinski definition) is 0. The van der Waals surface area contributed by atoms with Crippen molar-refractivity contribution >= 4 is 16.7 Å². The molecule has 0 saturated carbocycles. The van der Waals surface area contributed by atoms with E-state index in [1.54, 1.807) is 20.5 Å². The number of rotatable bonds is 9. The third-order valence-electron chi connectivity index (χ3n) is 3.98. The molecule has 0 radical (unpaired) electrons. The minimum atomic E-state index is 0.693. The van der Waals surface area contributed by atoms with Gasteiger partial charge in [-0.2, -0.15) is 0 Å². The van der Waals surface area contributed by atoms with Crippen molar-refractivity contribution in [1.82, 2.24) is 9.97 Å². The van der Waals surface area contributed by atoms with Crippen LogP contribution >= 0.6 is 0 Å². The van der Waals surface area contributed by atoms with Crippen LogP contribution in [0.4, 0.5) is 5.82 Å². The number of ether oxygens (including phenoxy) is 2. The second-order valence-electron chi connectivity index (χ2n) is 5.62. The SMILES string of the molecule is CCCCN(CCCC)c1ncnc2cc(OC)c(OC)cc12. The Hall–Kier alpha value is -2.04.